The SMILES string of the molecule is Cc1cc(O)c([C@H](CC(=O)N2CCOCC2)c2ccc(F)cc2)cc1C. The van der Waals surface area contributed by atoms with Gasteiger partial charge in [-0.05, 0) is 48.7 Å². The van der Waals surface area contributed by atoms with E-state index in [9.17, 15) is 14.3 Å². The number of benzene rings is 2. The van der Waals surface area contributed by atoms with Crippen molar-refractivity contribution in [3.05, 3.63) is 64.5 Å². The van der Waals surface area contributed by atoms with Gasteiger partial charge in [-0.1, -0.05) is 18.2 Å². The standard InChI is InChI=1S/C21H24FNO3/c1-14-11-19(20(24)12-15(14)2)18(16-3-5-17(22)6-4-16)13-21(25)23-7-9-26-10-8-23/h3-6,11-12,18,24H,7-10,13H2,1-2H3/t18-/m1/s1. The third kappa shape index (κ3) is 4.05. The smallest absolute Gasteiger partial charge is 0.223 e. The molecule has 1 saturated heterocycles. The lowest BCUT2D eigenvalue weighted by molar-refractivity contribution is -0.135. The molecular weight excluding hydrogens is 333 g/mol. The molecule has 4 nitrogen and oxygen atoms in total. The van der Waals surface area contributed by atoms with Gasteiger partial charge in [0.1, 0.15) is 11.6 Å². The molecule has 26 heavy (non-hydrogen) atoms. The van der Waals surface area contributed by atoms with E-state index in [1.165, 1.54) is 12.1 Å². The number of hydrogen-bond acceptors (Lipinski definition) is 3. The number of halogens is 1. The number of aryl methyl sites for hydroxylation is 2. The van der Waals surface area contributed by atoms with Crippen molar-refractivity contribution < 1.29 is 19.0 Å². The minimum Gasteiger partial charge on any atom is -0.508 e. The molecule has 0 saturated carbocycles. The molecule has 1 atom stereocenters. The van der Waals surface area contributed by atoms with E-state index in [1.54, 1.807) is 23.1 Å². The van der Waals surface area contributed by atoms with Gasteiger partial charge >= 0.3 is 0 Å². The van der Waals surface area contributed by atoms with Crippen LogP contribution in [0.15, 0.2) is 36.4 Å². The highest BCUT2D eigenvalue weighted by Crippen LogP contribution is 2.36. The monoisotopic (exact) mass is 357 g/mol. The van der Waals surface area contributed by atoms with E-state index in [1.807, 2.05) is 19.9 Å². The van der Waals surface area contributed by atoms with Crippen LogP contribution in [0.3, 0.4) is 0 Å². The van der Waals surface area contributed by atoms with Gasteiger partial charge in [0, 0.05) is 31.0 Å². The van der Waals surface area contributed by atoms with Gasteiger partial charge < -0.3 is 14.7 Å². The van der Waals surface area contributed by atoms with Crippen LogP contribution in [0.5, 0.6) is 5.75 Å². The van der Waals surface area contributed by atoms with Crippen LogP contribution < -0.4 is 0 Å². The number of carbonyl (C=O) groups excluding carboxylic acids is 1. The maximum Gasteiger partial charge on any atom is 0.223 e. The van der Waals surface area contributed by atoms with Crippen LogP contribution in [0.25, 0.3) is 0 Å². The lowest BCUT2D eigenvalue weighted by Crippen LogP contribution is -2.41. The Morgan fingerprint density at radius 2 is 1.77 bits per heavy atom. The molecule has 5 heteroatoms. The van der Waals surface area contributed by atoms with Gasteiger partial charge in [0.05, 0.1) is 13.2 Å². The minimum atomic E-state index is -0.328. The summed E-state index contributed by atoms with van der Waals surface area (Å²) in [5.41, 5.74) is 3.54. The zero-order valence-corrected chi connectivity index (χ0v) is 15.2. The van der Waals surface area contributed by atoms with Crippen LogP contribution in [-0.4, -0.2) is 42.2 Å². The van der Waals surface area contributed by atoms with Crippen molar-refractivity contribution >= 4 is 5.91 Å². The summed E-state index contributed by atoms with van der Waals surface area (Å²) in [5.74, 6) is -0.473. The van der Waals surface area contributed by atoms with Gasteiger partial charge in [0.2, 0.25) is 5.91 Å². The number of phenols is 1. The Morgan fingerprint density at radius 3 is 2.42 bits per heavy atom. The van der Waals surface area contributed by atoms with Gasteiger partial charge in [-0.25, -0.2) is 4.39 Å². The highest BCUT2D eigenvalue weighted by atomic mass is 19.1. The maximum atomic E-state index is 13.4. The van der Waals surface area contributed by atoms with E-state index < -0.39 is 0 Å². The molecule has 0 aliphatic carbocycles. The molecule has 0 radical (unpaired) electrons. The molecule has 1 N–H and O–H groups in total. The highest BCUT2D eigenvalue weighted by molar-refractivity contribution is 5.78. The van der Waals surface area contributed by atoms with Crippen LogP contribution in [0.4, 0.5) is 4.39 Å². The molecule has 1 fully saturated rings. The summed E-state index contributed by atoms with van der Waals surface area (Å²) in [7, 11) is 0. The zero-order chi connectivity index (χ0) is 18.7. The second kappa shape index (κ2) is 7.87. The number of aromatic hydroxyl groups is 1. The number of rotatable bonds is 4. The number of hydrogen-bond donors (Lipinski definition) is 1. The van der Waals surface area contributed by atoms with Crippen LogP contribution in [0, 0.1) is 19.7 Å². The number of nitrogens with zero attached hydrogens (tertiary/aromatic N) is 1. The molecule has 2 aromatic rings. The Morgan fingerprint density at radius 1 is 1.15 bits per heavy atom. The van der Waals surface area contributed by atoms with Crippen molar-refractivity contribution in [1.82, 2.24) is 4.90 Å². The summed E-state index contributed by atoms with van der Waals surface area (Å²) < 4.78 is 18.7. The molecule has 1 amide bonds. The van der Waals surface area contributed by atoms with Crippen molar-refractivity contribution in [2.24, 2.45) is 0 Å². The Labute approximate surface area is 153 Å². The average Bonchev–Trinajstić information content (AvgIpc) is 2.64. The van der Waals surface area contributed by atoms with E-state index in [-0.39, 0.29) is 29.8 Å². The normalized spacial score (nSPS) is 15.7. The van der Waals surface area contributed by atoms with E-state index in [2.05, 4.69) is 0 Å². The summed E-state index contributed by atoms with van der Waals surface area (Å²) >= 11 is 0. The molecule has 2 aromatic carbocycles. The number of amides is 1. The molecule has 1 aliphatic heterocycles. The molecule has 0 aromatic heterocycles. The Kier molecular flexibility index (Phi) is 5.57. The first-order chi connectivity index (χ1) is 12.5. The van der Waals surface area contributed by atoms with Crippen molar-refractivity contribution in [2.75, 3.05) is 26.3 Å². The van der Waals surface area contributed by atoms with Gasteiger partial charge in [0.25, 0.3) is 0 Å². The minimum absolute atomic E-state index is 0.0141. The molecule has 0 bridgehead atoms. The van der Waals surface area contributed by atoms with E-state index >= 15 is 0 Å². The Balaban J connectivity index is 1.95. The predicted molar refractivity (Wildman–Crippen MR) is 97.8 cm³/mol. The molecular formula is C21H24FNO3. The molecule has 1 aliphatic rings. The predicted octanol–water partition coefficient (Wildman–Crippen LogP) is 3.53. The number of ether oxygens (including phenoxy) is 1. The first-order valence-corrected chi connectivity index (χ1v) is 8.87. The number of carbonyl (C=O) groups is 1. The van der Waals surface area contributed by atoms with Crippen molar-refractivity contribution in [3.8, 4) is 5.75 Å². The summed E-state index contributed by atoms with van der Waals surface area (Å²) in [6.07, 6.45) is 0.224. The first kappa shape index (κ1) is 18.4. The van der Waals surface area contributed by atoms with Crippen LogP contribution in [0.2, 0.25) is 0 Å². The van der Waals surface area contributed by atoms with Gasteiger partial charge in [-0.2, -0.15) is 0 Å². The van der Waals surface area contributed by atoms with E-state index in [4.69, 9.17) is 4.74 Å². The molecule has 0 spiro atoms. The maximum absolute atomic E-state index is 13.4. The summed E-state index contributed by atoms with van der Waals surface area (Å²) in [4.78, 5) is 14.6. The van der Waals surface area contributed by atoms with Crippen molar-refractivity contribution in [2.45, 2.75) is 26.2 Å². The fraction of sp³-hybridized carbons (Fsp3) is 0.381. The van der Waals surface area contributed by atoms with Crippen LogP contribution in [0.1, 0.15) is 34.6 Å². The van der Waals surface area contributed by atoms with Gasteiger partial charge in [0.15, 0.2) is 0 Å². The summed E-state index contributed by atoms with van der Waals surface area (Å²) in [6.45, 7) is 6.15. The van der Waals surface area contributed by atoms with E-state index in [0.717, 1.165) is 16.7 Å². The second-order valence-corrected chi connectivity index (χ2v) is 6.80. The number of morpholine rings is 1. The topological polar surface area (TPSA) is 49.8 Å². The summed E-state index contributed by atoms with van der Waals surface area (Å²) in [5, 5.41) is 10.5. The molecule has 0 unspecified atom stereocenters. The molecule has 138 valence electrons. The van der Waals surface area contributed by atoms with Crippen molar-refractivity contribution in [3.63, 3.8) is 0 Å². The van der Waals surface area contributed by atoms with Crippen LogP contribution >= 0.6 is 0 Å². The Hall–Kier alpha value is -2.40. The fourth-order valence-electron chi connectivity index (χ4n) is 3.32. The quantitative estimate of drug-likeness (QED) is 0.911. The molecule has 1 heterocycles. The molecule has 3 rings (SSSR count). The lowest BCUT2D eigenvalue weighted by Gasteiger charge is -2.29. The zero-order valence-electron chi connectivity index (χ0n) is 15.2. The third-order valence-electron chi connectivity index (χ3n) is 5.03. The number of phenolic OH excluding ortho intramolecular Hbond substituents is 1. The van der Waals surface area contributed by atoms with Crippen molar-refractivity contribution in [1.29, 1.82) is 0 Å². The van der Waals surface area contributed by atoms with E-state index in [0.29, 0.717) is 31.9 Å². The highest BCUT2D eigenvalue weighted by Gasteiger charge is 2.25. The second-order valence-electron chi connectivity index (χ2n) is 6.80. The first-order valence-electron chi connectivity index (χ1n) is 8.87. The summed E-state index contributed by atoms with van der Waals surface area (Å²) in [6, 6.07) is 9.79. The average molecular weight is 357 g/mol. The Bertz CT molecular complexity index is 783. The van der Waals surface area contributed by atoms with Gasteiger partial charge in [-0.15, -0.1) is 0 Å². The largest absolute Gasteiger partial charge is 0.508 e. The fourth-order valence-corrected chi connectivity index (χ4v) is 3.32. The van der Waals surface area contributed by atoms with Gasteiger partial charge in [-0.3, -0.25) is 4.79 Å². The lowest BCUT2D eigenvalue weighted by atomic mass is 9.86. The third-order valence-corrected chi connectivity index (χ3v) is 5.03. The van der Waals surface area contributed by atoms with Crippen LogP contribution in [-0.2, 0) is 9.53 Å².